The van der Waals surface area contributed by atoms with Gasteiger partial charge in [0.15, 0.2) is 17.6 Å². The number of halogens is 2. The van der Waals surface area contributed by atoms with E-state index in [9.17, 15) is 8.78 Å². The van der Waals surface area contributed by atoms with E-state index in [1.807, 2.05) is 6.07 Å². The smallest absolute Gasteiger partial charge is 0.285 e. The Balaban J connectivity index is 1.82. The summed E-state index contributed by atoms with van der Waals surface area (Å²) in [6, 6.07) is 3.96. The molecular formula is C18H20F2O2. The number of hydrogen-bond acceptors (Lipinski definition) is 2. The summed E-state index contributed by atoms with van der Waals surface area (Å²) in [5, 5.41) is 0. The van der Waals surface area contributed by atoms with E-state index < -0.39 is 17.4 Å². The molecule has 2 saturated carbocycles. The molecule has 1 aromatic carbocycles. The average Bonchev–Trinajstić information content (AvgIpc) is 2.83. The lowest BCUT2D eigenvalue weighted by Gasteiger charge is -2.56. The number of methoxy groups -OCH3 is 1. The molecular weight excluding hydrogens is 286 g/mol. The van der Waals surface area contributed by atoms with Crippen LogP contribution in [0.15, 0.2) is 12.1 Å². The molecule has 2 bridgehead atoms. The minimum Gasteiger partial charge on any atom is -0.493 e. The van der Waals surface area contributed by atoms with E-state index in [0.717, 1.165) is 24.8 Å². The van der Waals surface area contributed by atoms with Gasteiger partial charge in [-0.05, 0) is 49.1 Å². The molecule has 0 saturated heterocycles. The number of alkyl halides is 2. The van der Waals surface area contributed by atoms with Crippen LogP contribution in [0.4, 0.5) is 8.78 Å². The molecule has 0 radical (unpaired) electrons. The standard InChI is InChI=1S/C18H20F2O2/c1-21-13-5-4-11-9-10-3-2-7-17-12(10)6-8-18(19,20)16(17)22-15(13)14(11)17/h4-5,10,12,16H,2-3,6-9H2,1H3/t10-,12?,16-,17+/m0/s1. The van der Waals surface area contributed by atoms with E-state index >= 15 is 0 Å². The molecule has 4 aliphatic rings. The lowest BCUT2D eigenvalue weighted by Crippen LogP contribution is -2.62. The highest BCUT2D eigenvalue weighted by Gasteiger charge is 2.69. The fourth-order valence-corrected chi connectivity index (χ4v) is 5.98. The van der Waals surface area contributed by atoms with Gasteiger partial charge in [-0.3, -0.25) is 0 Å². The van der Waals surface area contributed by atoms with Crippen molar-refractivity contribution in [3.63, 3.8) is 0 Å². The Bertz CT molecular complexity index is 657. The van der Waals surface area contributed by atoms with Crippen molar-refractivity contribution in [3.8, 4) is 11.5 Å². The van der Waals surface area contributed by atoms with E-state index in [2.05, 4.69) is 6.07 Å². The highest BCUT2D eigenvalue weighted by molar-refractivity contribution is 5.61. The topological polar surface area (TPSA) is 18.5 Å². The maximum Gasteiger partial charge on any atom is 0.285 e. The van der Waals surface area contributed by atoms with E-state index in [4.69, 9.17) is 9.47 Å². The first kappa shape index (κ1) is 13.1. The molecule has 1 spiro atoms. The number of rotatable bonds is 1. The lowest BCUT2D eigenvalue weighted by molar-refractivity contribution is -0.175. The first-order valence-electron chi connectivity index (χ1n) is 8.33. The Morgan fingerprint density at radius 1 is 1.23 bits per heavy atom. The zero-order valence-electron chi connectivity index (χ0n) is 12.7. The SMILES string of the molecule is COc1ccc2c3c1O[C@@H]1C(F)(F)CCC4[C@@H](CCC[C@]341)C2. The number of benzene rings is 1. The normalized spacial score (nSPS) is 39.9. The minimum absolute atomic E-state index is 0.0355. The van der Waals surface area contributed by atoms with Crippen molar-refractivity contribution in [1.29, 1.82) is 0 Å². The third-order valence-electron chi connectivity index (χ3n) is 6.65. The highest BCUT2D eigenvalue weighted by atomic mass is 19.3. The Kier molecular flexibility index (Phi) is 2.36. The van der Waals surface area contributed by atoms with Crippen LogP contribution >= 0.6 is 0 Å². The molecule has 0 amide bonds. The van der Waals surface area contributed by atoms with Gasteiger partial charge in [0.05, 0.1) is 7.11 Å². The number of ether oxygens (including phenoxy) is 2. The Labute approximate surface area is 128 Å². The van der Waals surface area contributed by atoms with Crippen molar-refractivity contribution in [2.45, 2.75) is 56.0 Å². The molecule has 118 valence electrons. The van der Waals surface area contributed by atoms with Crippen LogP contribution in [-0.2, 0) is 11.8 Å². The minimum atomic E-state index is -2.74. The molecule has 22 heavy (non-hydrogen) atoms. The van der Waals surface area contributed by atoms with Gasteiger partial charge in [0.25, 0.3) is 5.92 Å². The van der Waals surface area contributed by atoms with Crippen LogP contribution in [0.1, 0.15) is 43.2 Å². The first-order chi connectivity index (χ1) is 10.6. The molecule has 0 N–H and O–H groups in total. The second-order valence-corrected chi connectivity index (χ2v) is 7.43. The summed E-state index contributed by atoms with van der Waals surface area (Å²) >= 11 is 0. The zero-order valence-corrected chi connectivity index (χ0v) is 12.7. The molecule has 1 unspecified atom stereocenters. The summed E-state index contributed by atoms with van der Waals surface area (Å²) in [5.74, 6) is -0.621. The van der Waals surface area contributed by atoms with Crippen molar-refractivity contribution in [3.05, 3.63) is 23.3 Å². The molecule has 4 atom stereocenters. The van der Waals surface area contributed by atoms with E-state index in [0.29, 0.717) is 29.8 Å². The fraction of sp³-hybridized carbons (Fsp3) is 0.667. The van der Waals surface area contributed by atoms with Gasteiger partial charge < -0.3 is 9.47 Å². The quantitative estimate of drug-likeness (QED) is 0.778. The molecule has 1 aliphatic heterocycles. The summed E-state index contributed by atoms with van der Waals surface area (Å²) in [6.45, 7) is 0. The van der Waals surface area contributed by atoms with Crippen molar-refractivity contribution in [2.75, 3.05) is 7.11 Å². The highest BCUT2D eigenvalue weighted by Crippen LogP contribution is 2.68. The van der Waals surface area contributed by atoms with Crippen molar-refractivity contribution in [1.82, 2.24) is 0 Å². The van der Waals surface area contributed by atoms with Crippen molar-refractivity contribution in [2.24, 2.45) is 11.8 Å². The van der Waals surface area contributed by atoms with Crippen LogP contribution in [0, 0.1) is 11.8 Å². The van der Waals surface area contributed by atoms with Gasteiger partial charge in [0.2, 0.25) is 0 Å². The Morgan fingerprint density at radius 3 is 2.91 bits per heavy atom. The van der Waals surface area contributed by atoms with Gasteiger partial charge >= 0.3 is 0 Å². The molecule has 2 fully saturated rings. The number of hydrogen-bond donors (Lipinski definition) is 0. The van der Waals surface area contributed by atoms with Crippen LogP contribution in [0.25, 0.3) is 0 Å². The van der Waals surface area contributed by atoms with Crippen molar-refractivity contribution >= 4 is 0 Å². The van der Waals surface area contributed by atoms with Gasteiger partial charge in [0, 0.05) is 17.4 Å². The fourth-order valence-electron chi connectivity index (χ4n) is 5.98. The lowest BCUT2D eigenvalue weighted by atomic mass is 9.48. The van der Waals surface area contributed by atoms with Gasteiger partial charge in [0.1, 0.15) is 0 Å². The molecule has 5 rings (SSSR count). The Hall–Kier alpha value is -1.32. The molecule has 1 heterocycles. The van der Waals surface area contributed by atoms with E-state index in [1.54, 1.807) is 7.11 Å². The second-order valence-electron chi connectivity index (χ2n) is 7.43. The summed E-state index contributed by atoms with van der Waals surface area (Å²) < 4.78 is 40.8. The van der Waals surface area contributed by atoms with E-state index in [1.165, 1.54) is 12.0 Å². The summed E-state index contributed by atoms with van der Waals surface area (Å²) in [7, 11) is 1.59. The molecule has 2 nitrogen and oxygen atoms in total. The summed E-state index contributed by atoms with van der Waals surface area (Å²) in [5.41, 5.74) is 1.82. The third-order valence-corrected chi connectivity index (χ3v) is 6.65. The summed E-state index contributed by atoms with van der Waals surface area (Å²) in [6.07, 6.45) is 3.66. The van der Waals surface area contributed by atoms with Gasteiger partial charge in [-0.25, -0.2) is 8.78 Å². The van der Waals surface area contributed by atoms with Crippen LogP contribution in [0.3, 0.4) is 0 Å². The predicted molar refractivity (Wildman–Crippen MR) is 77.8 cm³/mol. The largest absolute Gasteiger partial charge is 0.493 e. The summed E-state index contributed by atoms with van der Waals surface area (Å²) in [4.78, 5) is 0. The first-order valence-corrected chi connectivity index (χ1v) is 8.33. The van der Waals surface area contributed by atoms with Gasteiger partial charge in [-0.1, -0.05) is 12.5 Å². The Morgan fingerprint density at radius 2 is 2.09 bits per heavy atom. The van der Waals surface area contributed by atoms with Crippen LogP contribution < -0.4 is 9.47 Å². The molecule has 4 heteroatoms. The molecule has 0 aromatic heterocycles. The molecule has 1 aromatic rings. The average molecular weight is 306 g/mol. The van der Waals surface area contributed by atoms with E-state index in [-0.39, 0.29) is 6.42 Å². The van der Waals surface area contributed by atoms with Crippen LogP contribution in [0.5, 0.6) is 11.5 Å². The maximum atomic E-state index is 14.7. The predicted octanol–water partition coefficient (Wildman–Crippen LogP) is 4.10. The monoisotopic (exact) mass is 306 g/mol. The maximum absolute atomic E-state index is 14.7. The zero-order chi connectivity index (χ0) is 15.1. The van der Waals surface area contributed by atoms with Crippen molar-refractivity contribution < 1.29 is 18.3 Å². The van der Waals surface area contributed by atoms with Crippen LogP contribution in [-0.4, -0.2) is 19.1 Å². The second kappa shape index (κ2) is 3.95. The third kappa shape index (κ3) is 1.31. The van der Waals surface area contributed by atoms with Gasteiger partial charge in [-0.2, -0.15) is 0 Å². The van der Waals surface area contributed by atoms with Gasteiger partial charge in [-0.15, -0.1) is 0 Å². The van der Waals surface area contributed by atoms with Crippen LogP contribution in [0.2, 0.25) is 0 Å². The molecule has 3 aliphatic carbocycles.